The highest BCUT2D eigenvalue weighted by atomic mass is 19.1. The van der Waals surface area contributed by atoms with Gasteiger partial charge < -0.3 is 9.64 Å². The molecule has 150 valence electrons. The van der Waals surface area contributed by atoms with Crippen molar-refractivity contribution in [1.82, 2.24) is 19.7 Å². The normalized spacial score (nSPS) is 13.3. The molecule has 0 unspecified atom stereocenters. The van der Waals surface area contributed by atoms with Gasteiger partial charge in [0.15, 0.2) is 0 Å². The standard InChI is InChI=1S/C21H20F2N4O2/c1-13(28)26-9-8-19-16(12-26)21(18-4-3-5-20(24-18)29-2)25-27(19)11-14-6-7-15(22)10-17(14)23/h3-7,10H,8-9,11-12H2,1-2H3. The van der Waals surface area contributed by atoms with E-state index in [0.29, 0.717) is 42.3 Å². The maximum atomic E-state index is 14.2. The van der Waals surface area contributed by atoms with Gasteiger partial charge in [0, 0.05) is 55.4 Å². The third-order valence-corrected chi connectivity index (χ3v) is 5.09. The van der Waals surface area contributed by atoms with Gasteiger partial charge in [-0.05, 0) is 12.1 Å². The van der Waals surface area contributed by atoms with Crippen molar-refractivity contribution in [2.75, 3.05) is 13.7 Å². The summed E-state index contributed by atoms with van der Waals surface area (Å²) in [7, 11) is 1.54. The average Bonchev–Trinajstić information content (AvgIpc) is 3.08. The number of nitrogens with zero attached hydrogens (tertiary/aromatic N) is 4. The first-order chi connectivity index (χ1) is 14.0. The summed E-state index contributed by atoms with van der Waals surface area (Å²) < 4.78 is 34.4. The third-order valence-electron chi connectivity index (χ3n) is 5.09. The minimum Gasteiger partial charge on any atom is -0.481 e. The Morgan fingerprint density at radius 3 is 2.79 bits per heavy atom. The number of aromatic nitrogens is 3. The van der Waals surface area contributed by atoms with Crippen molar-refractivity contribution in [2.24, 2.45) is 0 Å². The summed E-state index contributed by atoms with van der Waals surface area (Å²) >= 11 is 0. The molecule has 0 aliphatic carbocycles. The number of pyridine rings is 1. The van der Waals surface area contributed by atoms with Gasteiger partial charge in [-0.1, -0.05) is 12.1 Å². The SMILES string of the molecule is COc1cccc(-c2nn(Cc3ccc(F)cc3F)c3c2CN(C(C)=O)CC3)n1. The van der Waals surface area contributed by atoms with Gasteiger partial charge in [0.1, 0.15) is 17.3 Å². The number of rotatable bonds is 4. The molecule has 6 nitrogen and oxygen atoms in total. The van der Waals surface area contributed by atoms with Crippen LogP contribution >= 0.6 is 0 Å². The molecule has 3 aromatic rings. The number of ether oxygens (including phenoxy) is 1. The predicted molar refractivity (Wildman–Crippen MR) is 102 cm³/mol. The van der Waals surface area contributed by atoms with Crippen molar-refractivity contribution < 1.29 is 18.3 Å². The molecule has 1 aromatic carbocycles. The molecule has 0 N–H and O–H groups in total. The highest BCUT2D eigenvalue weighted by Gasteiger charge is 2.27. The zero-order chi connectivity index (χ0) is 20.5. The largest absolute Gasteiger partial charge is 0.481 e. The minimum absolute atomic E-state index is 0.0162. The van der Waals surface area contributed by atoms with Gasteiger partial charge in [-0.2, -0.15) is 5.10 Å². The number of hydrogen-bond acceptors (Lipinski definition) is 4. The molecule has 1 amide bonds. The van der Waals surface area contributed by atoms with Crippen LogP contribution in [0.5, 0.6) is 5.88 Å². The number of halogens is 2. The summed E-state index contributed by atoms with van der Waals surface area (Å²) in [6.45, 7) is 2.67. The summed E-state index contributed by atoms with van der Waals surface area (Å²) in [6, 6.07) is 8.90. The number of carbonyl (C=O) groups is 1. The zero-order valence-electron chi connectivity index (χ0n) is 16.2. The van der Waals surface area contributed by atoms with Crippen molar-refractivity contribution in [3.8, 4) is 17.3 Å². The van der Waals surface area contributed by atoms with E-state index in [4.69, 9.17) is 9.84 Å². The number of hydrogen-bond donors (Lipinski definition) is 0. The second-order valence-corrected chi connectivity index (χ2v) is 6.92. The maximum absolute atomic E-state index is 14.2. The van der Waals surface area contributed by atoms with Crippen molar-refractivity contribution in [3.63, 3.8) is 0 Å². The van der Waals surface area contributed by atoms with Crippen LogP contribution in [0.1, 0.15) is 23.7 Å². The van der Waals surface area contributed by atoms with Gasteiger partial charge in [0.25, 0.3) is 0 Å². The fraction of sp³-hybridized carbons (Fsp3) is 0.286. The summed E-state index contributed by atoms with van der Waals surface area (Å²) in [5.41, 5.74) is 3.40. The summed E-state index contributed by atoms with van der Waals surface area (Å²) in [6.07, 6.45) is 0.592. The molecular formula is C21H20F2N4O2. The van der Waals surface area contributed by atoms with Crippen LogP contribution in [0.15, 0.2) is 36.4 Å². The number of fused-ring (bicyclic) bond motifs is 1. The lowest BCUT2D eigenvalue weighted by molar-refractivity contribution is -0.129. The lowest BCUT2D eigenvalue weighted by Gasteiger charge is -2.26. The fourth-order valence-electron chi connectivity index (χ4n) is 3.57. The predicted octanol–water partition coefficient (Wildman–Crippen LogP) is 3.18. The quantitative estimate of drug-likeness (QED) is 0.677. The molecule has 0 radical (unpaired) electrons. The molecule has 0 saturated carbocycles. The number of methoxy groups -OCH3 is 1. The van der Waals surface area contributed by atoms with E-state index in [1.54, 1.807) is 15.6 Å². The Bertz CT molecular complexity index is 1080. The molecule has 1 aliphatic rings. The number of benzene rings is 1. The van der Waals surface area contributed by atoms with E-state index in [9.17, 15) is 13.6 Å². The van der Waals surface area contributed by atoms with Gasteiger partial charge >= 0.3 is 0 Å². The molecule has 0 bridgehead atoms. The highest BCUT2D eigenvalue weighted by molar-refractivity contribution is 5.74. The van der Waals surface area contributed by atoms with Gasteiger partial charge in [0.2, 0.25) is 11.8 Å². The molecule has 3 heterocycles. The van der Waals surface area contributed by atoms with Crippen LogP contribution in [0.4, 0.5) is 8.78 Å². The number of carbonyl (C=O) groups excluding carboxylic acids is 1. The third kappa shape index (κ3) is 3.70. The van der Waals surface area contributed by atoms with Crippen LogP contribution < -0.4 is 4.74 Å². The van der Waals surface area contributed by atoms with Crippen LogP contribution in [0.2, 0.25) is 0 Å². The van der Waals surface area contributed by atoms with Gasteiger partial charge in [-0.3, -0.25) is 9.48 Å². The Hall–Kier alpha value is -3.29. The van der Waals surface area contributed by atoms with Crippen LogP contribution in [-0.4, -0.2) is 39.2 Å². The lowest BCUT2D eigenvalue weighted by atomic mass is 10.0. The first-order valence-electron chi connectivity index (χ1n) is 9.25. The van der Waals surface area contributed by atoms with Crippen LogP contribution in [0, 0.1) is 11.6 Å². The molecule has 8 heteroatoms. The second kappa shape index (κ2) is 7.62. The Morgan fingerprint density at radius 1 is 1.24 bits per heavy atom. The van der Waals surface area contributed by atoms with Crippen molar-refractivity contribution in [3.05, 3.63) is 64.9 Å². The molecule has 0 saturated heterocycles. The Morgan fingerprint density at radius 2 is 2.07 bits per heavy atom. The van der Waals surface area contributed by atoms with Crippen LogP contribution in [-0.2, 0) is 24.3 Å². The van der Waals surface area contributed by atoms with E-state index in [1.165, 1.54) is 26.2 Å². The zero-order valence-corrected chi connectivity index (χ0v) is 16.2. The summed E-state index contributed by atoms with van der Waals surface area (Å²) in [4.78, 5) is 18.1. The van der Waals surface area contributed by atoms with E-state index in [-0.39, 0.29) is 12.5 Å². The Labute approximate surface area is 166 Å². The molecule has 0 spiro atoms. The van der Waals surface area contributed by atoms with E-state index in [2.05, 4.69) is 4.98 Å². The molecule has 4 rings (SSSR count). The topological polar surface area (TPSA) is 60.2 Å². The molecule has 0 fully saturated rings. The first-order valence-corrected chi connectivity index (χ1v) is 9.25. The molecule has 1 aliphatic heterocycles. The second-order valence-electron chi connectivity index (χ2n) is 6.92. The summed E-state index contributed by atoms with van der Waals surface area (Å²) in [5.74, 6) is -0.796. The minimum atomic E-state index is -0.618. The van der Waals surface area contributed by atoms with E-state index < -0.39 is 11.6 Å². The Balaban J connectivity index is 1.79. The molecule has 0 atom stereocenters. The van der Waals surface area contributed by atoms with Gasteiger partial charge in [-0.25, -0.2) is 13.8 Å². The fourth-order valence-corrected chi connectivity index (χ4v) is 3.57. The highest BCUT2D eigenvalue weighted by Crippen LogP contribution is 2.30. The lowest BCUT2D eigenvalue weighted by Crippen LogP contribution is -2.34. The van der Waals surface area contributed by atoms with E-state index in [0.717, 1.165) is 17.3 Å². The maximum Gasteiger partial charge on any atom is 0.219 e. The molecular weight excluding hydrogens is 378 g/mol. The van der Waals surface area contributed by atoms with E-state index in [1.807, 2.05) is 12.1 Å². The van der Waals surface area contributed by atoms with E-state index >= 15 is 0 Å². The molecule has 2 aromatic heterocycles. The van der Waals surface area contributed by atoms with Gasteiger partial charge in [-0.15, -0.1) is 0 Å². The Kier molecular flexibility index (Phi) is 5.00. The average molecular weight is 398 g/mol. The summed E-state index contributed by atoms with van der Waals surface area (Å²) in [5, 5.41) is 4.69. The smallest absolute Gasteiger partial charge is 0.219 e. The van der Waals surface area contributed by atoms with Gasteiger partial charge in [0.05, 0.1) is 19.3 Å². The molecule has 29 heavy (non-hydrogen) atoms. The van der Waals surface area contributed by atoms with Crippen molar-refractivity contribution in [1.29, 1.82) is 0 Å². The van der Waals surface area contributed by atoms with Crippen LogP contribution in [0.3, 0.4) is 0 Å². The number of amides is 1. The van der Waals surface area contributed by atoms with Crippen molar-refractivity contribution >= 4 is 5.91 Å². The van der Waals surface area contributed by atoms with Crippen LogP contribution in [0.25, 0.3) is 11.4 Å². The monoisotopic (exact) mass is 398 g/mol. The van der Waals surface area contributed by atoms with Crippen molar-refractivity contribution in [2.45, 2.75) is 26.4 Å². The first kappa shape index (κ1) is 19.0.